The van der Waals surface area contributed by atoms with Crippen molar-refractivity contribution < 1.29 is 23.7 Å². The van der Waals surface area contributed by atoms with Gasteiger partial charge in [0.2, 0.25) is 0 Å². The van der Waals surface area contributed by atoms with Crippen LogP contribution in [0.5, 0.6) is 0 Å². The molecular weight excluding hydrogens is 436 g/mol. The van der Waals surface area contributed by atoms with Gasteiger partial charge < -0.3 is 19.8 Å². The molecule has 6 heteroatoms. The lowest BCUT2D eigenvalue weighted by molar-refractivity contribution is -0.0134. The van der Waals surface area contributed by atoms with Gasteiger partial charge in [-0.1, -0.05) is 49.9 Å². The van der Waals surface area contributed by atoms with Crippen LogP contribution in [0.25, 0.3) is 6.08 Å². The quantitative estimate of drug-likeness (QED) is 0.382. The zero-order chi connectivity index (χ0) is 25.9. The van der Waals surface area contributed by atoms with Crippen molar-refractivity contribution in [2.24, 2.45) is 0 Å². The molecule has 1 aliphatic rings. The van der Waals surface area contributed by atoms with Crippen molar-refractivity contribution in [1.82, 2.24) is 4.90 Å². The van der Waals surface area contributed by atoms with Crippen molar-refractivity contribution in [1.29, 1.82) is 0 Å². The van der Waals surface area contributed by atoms with Gasteiger partial charge in [-0.2, -0.15) is 0 Å². The largest absolute Gasteiger partial charge is 0.400 e. The minimum Gasteiger partial charge on any atom is -0.400 e. The summed E-state index contributed by atoms with van der Waals surface area (Å²) in [5.41, 5.74) is 2.01. The maximum atomic E-state index is 13.9. The van der Waals surface area contributed by atoms with Crippen LogP contribution in [-0.2, 0) is 4.74 Å². The van der Waals surface area contributed by atoms with E-state index in [0.29, 0.717) is 17.7 Å². The Morgan fingerprint density at radius 2 is 1.91 bits per heavy atom. The predicted molar refractivity (Wildman–Crippen MR) is 139 cm³/mol. The molecule has 0 amide bonds. The molecule has 1 saturated heterocycles. The van der Waals surface area contributed by atoms with Gasteiger partial charge in [0.1, 0.15) is 11.6 Å². The standard InChI is InChI=1S/C18H26FNO2.C9H13F.CH4O/c1-3-7-17-16(8-6-9-18(17)19)14(2)22-13-15(21)12-20-10-4-5-11-20;1-4-6-8(3)9(10)7-5-2;1-2/h3,6-9,14-15,21H,4-5,10-13H2,1-2H3;4,6-7H,1,5H2,2-3H3;2H,1H3/b7-3+;8-6-,9-7+;. The fourth-order valence-corrected chi connectivity index (χ4v) is 3.51. The first kappa shape index (κ1) is 31.9. The summed E-state index contributed by atoms with van der Waals surface area (Å²) in [6.07, 6.45) is 10.8. The molecule has 4 nitrogen and oxygen atoms in total. The lowest BCUT2D eigenvalue weighted by atomic mass is 10.0. The average Bonchev–Trinajstić information content (AvgIpc) is 3.34. The molecule has 0 aromatic heterocycles. The predicted octanol–water partition coefficient (Wildman–Crippen LogP) is 6.38. The molecule has 1 aromatic rings. The van der Waals surface area contributed by atoms with Crippen LogP contribution in [0, 0.1) is 5.82 Å². The Morgan fingerprint density at radius 3 is 2.47 bits per heavy atom. The van der Waals surface area contributed by atoms with Gasteiger partial charge >= 0.3 is 0 Å². The van der Waals surface area contributed by atoms with E-state index in [9.17, 15) is 13.9 Å². The SMILES string of the molecule is C/C=C/c1c(F)cccc1C(C)OCC(O)CN1CCCC1.C=C/C=C(C)\C(F)=C/CC.CO. The van der Waals surface area contributed by atoms with Gasteiger partial charge in [-0.15, -0.1) is 0 Å². The van der Waals surface area contributed by atoms with E-state index in [0.717, 1.165) is 32.2 Å². The van der Waals surface area contributed by atoms with Crippen LogP contribution in [0.15, 0.2) is 60.5 Å². The number of aliphatic hydroxyl groups is 2. The van der Waals surface area contributed by atoms with Crippen molar-refractivity contribution in [3.8, 4) is 0 Å². The topological polar surface area (TPSA) is 52.9 Å². The van der Waals surface area contributed by atoms with E-state index in [1.165, 1.54) is 18.9 Å². The molecule has 1 fully saturated rings. The van der Waals surface area contributed by atoms with Crippen LogP contribution in [0.3, 0.4) is 0 Å². The number of benzene rings is 1. The fourth-order valence-electron chi connectivity index (χ4n) is 3.51. The molecule has 192 valence electrons. The Kier molecular flexibility index (Phi) is 18.0. The van der Waals surface area contributed by atoms with Gasteiger partial charge in [-0.05, 0) is 76.4 Å². The van der Waals surface area contributed by atoms with Gasteiger partial charge in [-0.25, -0.2) is 8.78 Å². The minimum absolute atomic E-state index is 0.151. The second-order valence-corrected chi connectivity index (χ2v) is 7.93. The molecule has 0 radical (unpaired) electrons. The summed E-state index contributed by atoms with van der Waals surface area (Å²) in [5.74, 6) is -0.397. The van der Waals surface area contributed by atoms with Gasteiger partial charge in [-0.3, -0.25) is 0 Å². The van der Waals surface area contributed by atoms with E-state index in [1.54, 1.807) is 37.3 Å². The number of ether oxygens (including phenoxy) is 1. The number of hydrogen-bond acceptors (Lipinski definition) is 4. The van der Waals surface area contributed by atoms with Gasteiger partial charge in [0.25, 0.3) is 0 Å². The highest BCUT2D eigenvalue weighted by Crippen LogP contribution is 2.25. The third kappa shape index (κ3) is 12.4. The summed E-state index contributed by atoms with van der Waals surface area (Å²) in [5, 5.41) is 17.1. The molecule has 1 aliphatic heterocycles. The summed E-state index contributed by atoms with van der Waals surface area (Å²) < 4.78 is 32.4. The smallest absolute Gasteiger partial charge is 0.130 e. The molecule has 0 saturated carbocycles. The lowest BCUT2D eigenvalue weighted by Crippen LogP contribution is -2.33. The first-order valence-corrected chi connectivity index (χ1v) is 11.9. The summed E-state index contributed by atoms with van der Waals surface area (Å²) in [6.45, 7) is 13.9. The van der Waals surface area contributed by atoms with Gasteiger partial charge in [0.15, 0.2) is 0 Å². The second-order valence-electron chi connectivity index (χ2n) is 7.93. The Morgan fingerprint density at radius 1 is 1.26 bits per heavy atom. The van der Waals surface area contributed by atoms with E-state index in [1.807, 2.05) is 32.9 Å². The van der Waals surface area contributed by atoms with E-state index in [2.05, 4.69) is 11.5 Å². The molecule has 1 aromatic carbocycles. The number of likely N-dealkylation sites (tertiary alicyclic amines) is 1. The first-order valence-electron chi connectivity index (χ1n) is 11.9. The van der Waals surface area contributed by atoms with E-state index in [4.69, 9.17) is 9.84 Å². The zero-order valence-electron chi connectivity index (χ0n) is 21.4. The Bertz CT molecular complexity index is 784. The molecular formula is C28H43F2NO3. The van der Waals surface area contributed by atoms with Crippen LogP contribution in [0.4, 0.5) is 8.78 Å². The van der Waals surface area contributed by atoms with Gasteiger partial charge in [0, 0.05) is 19.2 Å². The van der Waals surface area contributed by atoms with E-state index in [-0.39, 0.29) is 24.4 Å². The highest BCUT2D eigenvalue weighted by atomic mass is 19.1. The molecule has 2 atom stereocenters. The summed E-state index contributed by atoms with van der Waals surface area (Å²) in [6, 6.07) is 5.02. The lowest BCUT2D eigenvalue weighted by Gasteiger charge is -2.22. The van der Waals surface area contributed by atoms with E-state index < -0.39 is 6.10 Å². The van der Waals surface area contributed by atoms with Crippen molar-refractivity contribution >= 4 is 6.08 Å². The number of rotatable bonds is 10. The normalized spacial score (nSPS) is 16.4. The maximum absolute atomic E-state index is 13.9. The third-order valence-electron chi connectivity index (χ3n) is 5.19. The second kappa shape index (κ2) is 19.2. The van der Waals surface area contributed by atoms with Crippen LogP contribution < -0.4 is 0 Å². The molecule has 2 rings (SSSR count). The van der Waals surface area contributed by atoms with Crippen LogP contribution in [0.2, 0.25) is 0 Å². The number of halogens is 2. The molecule has 0 bridgehead atoms. The zero-order valence-corrected chi connectivity index (χ0v) is 21.4. The molecule has 34 heavy (non-hydrogen) atoms. The van der Waals surface area contributed by atoms with Crippen molar-refractivity contribution in [2.45, 2.75) is 59.2 Å². The number of allylic oxidation sites excluding steroid dienone is 6. The number of nitrogens with zero attached hydrogens (tertiary/aromatic N) is 1. The summed E-state index contributed by atoms with van der Waals surface area (Å²) in [4.78, 5) is 2.26. The first-order chi connectivity index (χ1) is 16.3. The van der Waals surface area contributed by atoms with E-state index >= 15 is 0 Å². The fraction of sp³-hybridized carbons (Fsp3) is 0.500. The highest BCUT2D eigenvalue weighted by Gasteiger charge is 2.18. The monoisotopic (exact) mass is 479 g/mol. The summed E-state index contributed by atoms with van der Waals surface area (Å²) >= 11 is 0. The van der Waals surface area contributed by atoms with Crippen molar-refractivity contribution in [3.63, 3.8) is 0 Å². The number of aliphatic hydroxyl groups excluding tert-OH is 2. The molecule has 2 N–H and O–H groups in total. The Balaban J connectivity index is 0.000000767. The molecule has 0 aliphatic carbocycles. The third-order valence-corrected chi connectivity index (χ3v) is 5.19. The summed E-state index contributed by atoms with van der Waals surface area (Å²) in [7, 11) is 1.00. The highest BCUT2D eigenvalue weighted by molar-refractivity contribution is 5.55. The maximum Gasteiger partial charge on any atom is 0.130 e. The molecule has 0 spiro atoms. The molecule has 2 unspecified atom stereocenters. The van der Waals surface area contributed by atoms with Crippen LogP contribution >= 0.6 is 0 Å². The van der Waals surface area contributed by atoms with Crippen molar-refractivity contribution in [2.75, 3.05) is 33.4 Å². The van der Waals surface area contributed by atoms with Crippen molar-refractivity contribution in [3.05, 3.63) is 77.4 Å². The average molecular weight is 480 g/mol. The number of hydrogen-bond donors (Lipinski definition) is 2. The number of β-amino-alcohol motifs (C(OH)–C–C–N with tert-alkyl or cyclic N) is 1. The Labute approximate surface area is 205 Å². The molecule has 1 heterocycles. The van der Waals surface area contributed by atoms with Crippen LogP contribution in [-0.4, -0.2) is 54.6 Å². The van der Waals surface area contributed by atoms with Gasteiger partial charge in [0.05, 0.1) is 18.8 Å². The minimum atomic E-state index is -0.501. The Hall–Kier alpha value is -2.12. The van der Waals surface area contributed by atoms with Crippen LogP contribution in [0.1, 0.15) is 64.2 Å².